The SMILES string of the molecule is N#C/C(=C/c1ccc(-c2cccc(C(=O)O)c2)o1)c1ccc(I)cc1. The fourth-order valence-electron chi connectivity index (χ4n) is 2.34. The lowest BCUT2D eigenvalue weighted by Crippen LogP contribution is -1.95. The van der Waals surface area contributed by atoms with Gasteiger partial charge in [0.05, 0.1) is 17.2 Å². The molecular formula is C20H12INO3. The zero-order chi connectivity index (χ0) is 17.8. The van der Waals surface area contributed by atoms with Gasteiger partial charge in [0.25, 0.3) is 0 Å². The van der Waals surface area contributed by atoms with Gasteiger partial charge in [-0.2, -0.15) is 5.26 Å². The minimum absolute atomic E-state index is 0.197. The quantitative estimate of drug-likeness (QED) is 0.440. The van der Waals surface area contributed by atoms with Crippen molar-refractivity contribution in [2.75, 3.05) is 0 Å². The van der Waals surface area contributed by atoms with Gasteiger partial charge in [0.2, 0.25) is 0 Å². The standard InChI is InChI=1S/C20H12INO3/c21-17-6-4-13(5-7-17)16(12-22)11-18-8-9-19(25-18)14-2-1-3-15(10-14)20(23)24/h1-11H,(H,23,24)/b16-11-. The molecule has 1 N–H and O–H groups in total. The van der Waals surface area contributed by atoms with Gasteiger partial charge in [-0.25, -0.2) is 4.79 Å². The monoisotopic (exact) mass is 441 g/mol. The van der Waals surface area contributed by atoms with Crippen LogP contribution in [0.5, 0.6) is 0 Å². The molecule has 1 aromatic heterocycles. The molecule has 0 aliphatic rings. The van der Waals surface area contributed by atoms with Crippen LogP contribution in [0.4, 0.5) is 0 Å². The molecule has 3 aromatic rings. The number of rotatable bonds is 4. The van der Waals surface area contributed by atoms with Crippen LogP contribution >= 0.6 is 22.6 Å². The molecule has 0 radical (unpaired) electrons. The predicted molar refractivity (Wildman–Crippen MR) is 104 cm³/mol. The Labute approximate surface area is 158 Å². The minimum Gasteiger partial charge on any atom is -0.478 e. The second kappa shape index (κ2) is 7.36. The largest absolute Gasteiger partial charge is 0.478 e. The first-order chi connectivity index (χ1) is 12.1. The average molecular weight is 441 g/mol. The predicted octanol–water partition coefficient (Wildman–Crippen LogP) is 5.31. The molecule has 122 valence electrons. The van der Waals surface area contributed by atoms with E-state index in [1.165, 1.54) is 6.07 Å². The number of carboxylic acid groups (broad SMARTS) is 1. The van der Waals surface area contributed by atoms with E-state index in [0.29, 0.717) is 22.7 Å². The Morgan fingerprint density at radius 3 is 2.52 bits per heavy atom. The van der Waals surface area contributed by atoms with Gasteiger partial charge in [0.1, 0.15) is 11.5 Å². The maximum absolute atomic E-state index is 11.1. The van der Waals surface area contributed by atoms with Crippen molar-refractivity contribution < 1.29 is 14.3 Å². The Kier molecular flexibility index (Phi) is 5.00. The van der Waals surface area contributed by atoms with Crippen molar-refractivity contribution in [1.82, 2.24) is 0 Å². The van der Waals surface area contributed by atoms with Crippen molar-refractivity contribution in [2.24, 2.45) is 0 Å². The van der Waals surface area contributed by atoms with Gasteiger partial charge in [-0.1, -0.05) is 24.3 Å². The fraction of sp³-hybridized carbons (Fsp3) is 0. The number of carboxylic acids is 1. The highest BCUT2D eigenvalue weighted by Crippen LogP contribution is 2.26. The molecule has 0 aliphatic heterocycles. The topological polar surface area (TPSA) is 74.2 Å². The molecule has 3 rings (SSSR count). The van der Waals surface area contributed by atoms with E-state index in [1.54, 1.807) is 36.4 Å². The Balaban J connectivity index is 1.93. The first-order valence-corrected chi connectivity index (χ1v) is 8.46. The van der Waals surface area contributed by atoms with Crippen molar-refractivity contribution in [3.05, 3.63) is 81.1 Å². The van der Waals surface area contributed by atoms with Gasteiger partial charge in [0.15, 0.2) is 0 Å². The molecule has 0 amide bonds. The Morgan fingerprint density at radius 2 is 1.84 bits per heavy atom. The highest BCUT2D eigenvalue weighted by molar-refractivity contribution is 14.1. The summed E-state index contributed by atoms with van der Waals surface area (Å²) < 4.78 is 6.85. The van der Waals surface area contributed by atoms with Crippen LogP contribution in [0.25, 0.3) is 23.0 Å². The van der Waals surface area contributed by atoms with Crippen LogP contribution in [0.2, 0.25) is 0 Å². The van der Waals surface area contributed by atoms with Crippen LogP contribution in [0.15, 0.2) is 65.1 Å². The first kappa shape index (κ1) is 17.0. The molecule has 1 heterocycles. The maximum Gasteiger partial charge on any atom is 0.335 e. The Bertz CT molecular complexity index is 994. The average Bonchev–Trinajstić information content (AvgIpc) is 3.09. The molecule has 0 atom stereocenters. The van der Waals surface area contributed by atoms with Crippen LogP contribution in [-0.4, -0.2) is 11.1 Å². The molecule has 0 saturated heterocycles. The number of nitrogens with zero attached hydrogens (tertiary/aromatic N) is 1. The van der Waals surface area contributed by atoms with Crippen molar-refractivity contribution in [1.29, 1.82) is 5.26 Å². The summed E-state index contributed by atoms with van der Waals surface area (Å²) in [5.74, 6) is 0.0964. The Morgan fingerprint density at radius 1 is 1.08 bits per heavy atom. The molecule has 0 saturated carbocycles. The summed E-state index contributed by atoms with van der Waals surface area (Å²) in [6, 6.07) is 19.9. The van der Waals surface area contributed by atoms with E-state index in [4.69, 9.17) is 9.52 Å². The number of aromatic carboxylic acids is 1. The van der Waals surface area contributed by atoms with Crippen LogP contribution < -0.4 is 0 Å². The number of benzene rings is 2. The third-order valence-electron chi connectivity index (χ3n) is 3.58. The van der Waals surface area contributed by atoms with Crippen LogP contribution in [-0.2, 0) is 0 Å². The number of hydrogen-bond donors (Lipinski definition) is 1. The van der Waals surface area contributed by atoms with E-state index < -0.39 is 5.97 Å². The first-order valence-electron chi connectivity index (χ1n) is 7.38. The van der Waals surface area contributed by atoms with Crippen molar-refractivity contribution in [3.63, 3.8) is 0 Å². The van der Waals surface area contributed by atoms with Gasteiger partial charge in [-0.3, -0.25) is 0 Å². The summed E-state index contributed by atoms with van der Waals surface area (Å²) in [5.41, 5.74) is 2.18. The minimum atomic E-state index is -0.987. The summed E-state index contributed by atoms with van der Waals surface area (Å²) in [6.07, 6.45) is 1.67. The molecule has 5 heteroatoms. The molecule has 4 nitrogen and oxygen atoms in total. The van der Waals surface area contributed by atoms with Gasteiger partial charge >= 0.3 is 5.97 Å². The van der Waals surface area contributed by atoms with E-state index in [9.17, 15) is 10.1 Å². The normalized spacial score (nSPS) is 11.1. The third-order valence-corrected chi connectivity index (χ3v) is 4.30. The van der Waals surface area contributed by atoms with E-state index in [2.05, 4.69) is 28.7 Å². The van der Waals surface area contributed by atoms with Gasteiger partial charge in [0, 0.05) is 9.13 Å². The third kappa shape index (κ3) is 3.98. The maximum atomic E-state index is 11.1. The summed E-state index contributed by atoms with van der Waals surface area (Å²) in [6.45, 7) is 0. The fourth-order valence-corrected chi connectivity index (χ4v) is 2.70. The second-order valence-electron chi connectivity index (χ2n) is 5.26. The van der Waals surface area contributed by atoms with Crippen LogP contribution in [0, 0.1) is 14.9 Å². The molecule has 25 heavy (non-hydrogen) atoms. The number of furan rings is 1. The van der Waals surface area contributed by atoms with E-state index in [-0.39, 0.29) is 5.56 Å². The highest BCUT2D eigenvalue weighted by atomic mass is 127. The van der Waals surface area contributed by atoms with Crippen LogP contribution in [0.3, 0.4) is 0 Å². The van der Waals surface area contributed by atoms with Crippen LogP contribution in [0.1, 0.15) is 21.7 Å². The number of carbonyl (C=O) groups is 1. The zero-order valence-electron chi connectivity index (χ0n) is 12.9. The van der Waals surface area contributed by atoms with Crippen molar-refractivity contribution in [2.45, 2.75) is 0 Å². The zero-order valence-corrected chi connectivity index (χ0v) is 15.1. The second-order valence-corrected chi connectivity index (χ2v) is 6.51. The van der Waals surface area contributed by atoms with Gasteiger partial charge < -0.3 is 9.52 Å². The molecule has 0 unspecified atom stereocenters. The summed E-state index contributed by atoms with van der Waals surface area (Å²) in [7, 11) is 0. The lowest BCUT2D eigenvalue weighted by Gasteiger charge is -2.00. The molecule has 0 aliphatic carbocycles. The number of halogens is 1. The van der Waals surface area contributed by atoms with E-state index >= 15 is 0 Å². The molecular weight excluding hydrogens is 429 g/mol. The number of hydrogen-bond acceptors (Lipinski definition) is 3. The molecule has 0 fully saturated rings. The number of nitriles is 1. The van der Waals surface area contributed by atoms with Gasteiger partial charge in [-0.05, 0) is 70.6 Å². The van der Waals surface area contributed by atoms with E-state index in [0.717, 1.165) is 9.13 Å². The van der Waals surface area contributed by atoms with E-state index in [1.807, 2.05) is 24.3 Å². The number of allylic oxidation sites excluding steroid dienone is 1. The van der Waals surface area contributed by atoms with Crippen molar-refractivity contribution in [3.8, 4) is 17.4 Å². The summed E-state index contributed by atoms with van der Waals surface area (Å²) in [4.78, 5) is 11.1. The molecule has 2 aromatic carbocycles. The lowest BCUT2D eigenvalue weighted by atomic mass is 10.1. The molecule has 0 spiro atoms. The smallest absolute Gasteiger partial charge is 0.335 e. The Hall–Kier alpha value is -2.85. The van der Waals surface area contributed by atoms with Crippen molar-refractivity contribution >= 4 is 40.2 Å². The molecule has 0 bridgehead atoms. The highest BCUT2D eigenvalue weighted by Gasteiger charge is 2.09. The van der Waals surface area contributed by atoms with Gasteiger partial charge in [-0.15, -0.1) is 0 Å². The lowest BCUT2D eigenvalue weighted by molar-refractivity contribution is 0.0697. The summed E-state index contributed by atoms with van der Waals surface area (Å²) >= 11 is 2.21. The summed E-state index contributed by atoms with van der Waals surface area (Å²) in [5, 5.41) is 18.5.